The fourth-order valence-electron chi connectivity index (χ4n) is 3.02. The molecule has 0 unspecified atom stereocenters. The molecule has 0 aliphatic carbocycles. The Bertz CT molecular complexity index is 432. The van der Waals surface area contributed by atoms with Gasteiger partial charge in [-0.25, -0.2) is 4.79 Å². The van der Waals surface area contributed by atoms with Crippen molar-refractivity contribution in [1.29, 1.82) is 0 Å². The van der Waals surface area contributed by atoms with Crippen LogP contribution in [0.1, 0.15) is 66.7 Å². The number of carbonyl (C=O) groups excluding carboxylic acids is 1. The standard InChI is InChI=1S/C18H33NO5/c1-7-8-13(19(6)17(22)24-18(3,4)5)11-14-9-10-15(23-14)12(2)16(20)21/h12-15H,7-11H2,1-6H3,(H,20,21)/t12-,13-,14+,15-/m1/s1. The van der Waals surface area contributed by atoms with Crippen LogP contribution in [0.3, 0.4) is 0 Å². The largest absolute Gasteiger partial charge is 0.481 e. The quantitative estimate of drug-likeness (QED) is 0.763. The molecule has 1 aliphatic heterocycles. The number of hydrogen-bond donors (Lipinski definition) is 1. The van der Waals surface area contributed by atoms with E-state index in [1.807, 2.05) is 20.8 Å². The molecule has 0 spiro atoms. The highest BCUT2D eigenvalue weighted by Crippen LogP contribution is 2.30. The summed E-state index contributed by atoms with van der Waals surface area (Å²) in [6.45, 7) is 9.33. The van der Waals surface area contributed by atoms with E-state index < -0.39 is 17.5 Å². The van der Waals surface area contributed by atoms with Gasteiger partial charge in [-0.2, -0.15) is 0 Å². The van der Waals surface area contributed by atoms with Crippen LogP contribution in [0.4, 0.5) is 4.79 Å². The molecule has 24 heavy (non-hydrogen) atoms. The zero-order valence-electron chi connectivity index (χ0n) is 15.9. The molecular formula is C18H33NO5. The van der Waals surface area contributed by atoms with Gasteiger partial charge in [0.25, 0.3) is 0 Å². The molecule has 6 nitrogen and oxygen atoms in total. The Morgan fingerprint density at radius 3 is 2.46 bits per heavy atom. The summed E-state index contributed by atoms with van der Waals surface area (Å²) >= 11 is 0. The van der Waals surface area contributed by atoms with Gasteiger partial charge in [0.05, 0.1) is 18.1 Å². The maximum atomic E-state index is 12.3. The Labute approximate surface area is 145 Å². The van der Waals surface area contributed by atoms with Gasteiger partial charge >= 0.3 is 12.1 Å². The van der Waals surface area contributed by atoms with Crippen molar-refractivity contribution in [1.82, 2.24) is 4.90 Å². The van der Waals surface area contributed by atoms with E-state index in [-0.39, 0.29) is 24.3 Å². The lowest BCUT2D eigenvalue weighted by atomic mass is 9.99. The van der Waals surface area contributed by atoms with Crippen molar-refractivity contribution in [3.63, 3.8) is 0 Å². The van der Waals surface area contributed by atoms with Gasteiger partial charge in [-0.3, -0.25) is 4.79 Å². The van der Waals surface area contributed by atoms with Crippen LogP contribution in [0.2, 0.25) is 0 Å². The number of rotatable bonds is 7. The van der Waals surface area contributed by atoms with E-state index in [1.165, 1.54) is 0 Å². The van der Waals surface area contributed by atoms with Crippen LogP contribution in [0, 0.1) is 5.92 Å². The summed E-state index contributed by atoms with van der Waals surface area (Å²) < 4.78 is 11.4. The number of hydrogen-bond acceptors (Lipinski definition) is 4. The van der Waals surface area contributed by atoms with Gasteiger partial charge in [0, 0.05) is 13.1 Å². The van der Waals surface area contributed by atoms with Crippen LogP contribution < -0.4 is 0 Å². The zero-order chi connectivity index (χ0) is 18.5. The van der Waals surface area contributed by atoms with Gasteiger partial charge in [0.15, 0.2) is 0 Å². The molecule has 140 valence electrons. The molecule has 1 heterocycles. The number of aliphatic carboxylic acids is 1. The van der Waals surface area contributed by atoms with E-state index in [4.69, 9.17) is 14.6 Å². The lowest BCUT2D eigenvalue weighted by molar-refractivity contribution is -0.146. The monoisotopic (exact) mass is 343 g/mol. The van der Waals surface area contributed by atoms with Crippen LogP contribution in [-0.2, 0) is 14.3 Å². The Morgan fingerprint density at radius 2 is 1.96 bits per heavy atom. The maximum Gasteiger partial charge on any atom is 0.410 e. The number of nitrogens with zero attached hydrogens (tertiary/aromatic N) is 1. The maximum absolute atomic E-state index is 12.3. The molecule has 4 atom stereocenters. The highest BCUT2D eigenvalue weighted by Gasteiger charge is 2.35. The molecule has 1 fully saturated rings. The van der Waals surface area contributed by atoms with Gasteiger partial charge in [0.1, 0.15) is 5.60 Å². The summed E-state index contributed by atoms with van der Waals surface area (Å²) in [5.41, 5.74) is -0.520. The van der Waals surface area contributed by atoms with E-state index in [0.717, 1.165) is 25.7 Å². The highest BCUT2D eigenvalue weighted by molar-refractivity contribution is 5.70. The third kappa shape index (κ3) is 6.30. The molecule has 0 aromatic heterocycles. The van der Waals surface area contributed by atoms with Crippen molar-refractivity contribution >= 4 is 12.1 Å². The molecule has 0 bridgehead atoms. The van der Waals surface area contributed by atoms with Crippen LogP contribution >= 0.6 is 0 Å². The van der Waals surface area contributed by atoms with Crippen LogP contribution in [-0.4, -0.2) is 53.0 Å². The highest BCUT2D eigenvalue weighted by atomic mass is 16.6. The Morgan fingerprint density at radius 1 is 1.33 bits per heavy atom. The van der Waals surface area contributed by atoms with Crippen molar-refractivity contribution in [3.8, 4) is 0 Å². The molecule has 1 amide bonds. The first-order valence-corrected chi connectivity index (χ1v) is 8.89. The summed E-state index contributed by atoms with van der Waals surface area (Å²) in [5, 5.41) is 9.11. The summed E-state index contributed by atoms with van der Waals surface area (Å²) in [7, 11) is 1.76. The third-order valence-corrected chi connectivity index (χ3v) is 4.47. The van der Waals surface area contributed by atoms with E-state index in [1.54, 1.807) is 18.9 Å². The second-order valence-corrected chi connectivity index (χ2v) is 7.77. The van der Waals surface area contributed by atoms with Gasteiger partial charge in [-0.15, -0.1) is 0 Å². The number of carboxylic acids is 1. The second kappa shape index (κ2) is 8.70. The first kappa shape index (κ1) is 20.7. The van der Waals surface area contributed by atoms with Crippen molar-refractivity contribution in [3.05, 3.63) is 0 Å². The SMILES string of the molecule is CCC[C@H](C[C@@H]1CC[C@H]([C@@H](C)C(=O)O)O1)N(C)C(=O)OC(C)(C)C. The van der Waals surface area contributed by atoms with Crippen LogP contribution in [0.25, 0.3) is 0 Å². The summed E-state index contributed by atoms with van der Waals surface area (Å²) in [5.74, 6) is -1.32. The number of carboxylic acid groups (broad SMARTS) is 1. The van der Waals surface area contributed by atoms with Crippen molar-refractivity contribution in [2.45, 2.75) is 90.6 Å². The topological polar surface area (TPSA) is 76.1 Å². The van der Waals surface area contributed by atoms with Crippen molar-refractivity contribution in [2.75, 3.05) is 7.05 Å². The summed E-state index contributed by atoms with van der Waals surface area (Å²) in [4.78, 5) is 25.1. The third-order valence-electron chi connectivity index (χ3n) is 4.47. The molecule has 1 rings (SSSR count). The van der Waals surface area contributed by atoms with Gasteiger partial charge in [-0.1, -0.05) is 13.3 Å². The molecule has 1 N–H and O–H groups in total. The normalized spacial score (nSPS) is 23.6. The Balaban J connectivity index is 2.63. The fraction of sp³-hybridized carbons (Fsp3) is 0.889. The lowest BCUT2D eigenvalue weighted by Crippen LogP contribution is -2.42. The average Bonchev–Trinajstić information content (AvgIpc) is 2.91. The number of ether oxygens (including phenoxy) is 2. The first-order chi connectivity index (χ1) is 11.0. The molecule has 0 aromatic rings. The zero-order valence-corrected chi connectivity index (χ0v) is 15.9. The average molecular weight is 343 g/mol. The molecular weight excluding hydrogens is 310 g/mol. The fourth-order valence-corrected chi connectivity index (χ4v) is 3.02. The molecule has 0 aromatic carbocycles. The van der Waals surface area contributed by atoms with Gasteiger partial charge < -0.3 is 19.5 Å². The lowest BCUT2D eigenvalue weighted by Gasteiger charge is -2.32. The molecule has 1 saturated heterocycles. The molecule has 1 aliphatic rings. The van der Waals surface area contributed by atoms with Gasteiger partial charge in [0.2, 0.25) is 0 Å². The predicted octanol–water partition coefficient (Wildman–Crippen LogP) is 3.68. The first-order valence-electron chi connectivity index (χ1n) is 8.89. The Kier molecular flexibility index (Phi) is 7.52. The minimum Gasteiger partial charge on any atom is -0.481 e. The minimum absolute atomic E-state index is 0.00163. The van der Waals surface area contributed by atoms with E-state index >= 15 is 0 Å². The molecule has 0 radical (unpaired) electrons. The van der Waals surface area contributed by atoms with Crippen LogP contribution in [0.5, 0.6) is 0 Å². The van der Waals surface area contributed by atoms with Crippen molar-refractivity contribution in [2.24, 2.45) is 5.92 Å². The van der Waals surface area contributed by atoms with Crippen LogP contribution in [0.15, 0.2) is 0 Å². The van der Waals surface area contributed by atoms with E-state index in [9.17, 15) is 9.59 Å². The summed E-state index contributed by atoms with van der Waals surface area (Å²) in [6, 6.07) is 0.0359. The smallest absolute Gasteiger partial charge is 0.410 e. The minimum atomic E-state index is -0.823. The summed E-state index contributed by atoms with van der Waals surface area (Å²) in [6.07, 6.45) is 3.58. The van der Waals surface area contributed by atoms with Crippen molar-refractivity contribution < 1.29 is 24.2 Å². The molecule has 6 heteroatoms. The van der Waals surface area contributed by atoms with E-state index in [0.29, 0.717) is 6.42 Å². The predicted molar refractivity (Wildman–Crippen MR) is 92.0 cm³/mol. The molecule has 0 saturated carbocycles. The van der Waals surface area contributed by atoms with E-state index in [2.05, 4.69) is 6.92 Å². The Hall–Kier alpha value is -1.30. The number of amides is 1. The number of carbonyl (C=O) groups is 2. The van der Waals surface area contributed by atoms with Gasteiger partial charge in [-0.05, 0) is 53.4 Å². The second-order valence-electron chi connectivity index (χ2n) is 7.77.